The van der Waals surface area contributed by atoms with Gasteiger partial charge in [-0.1, -0.05) is 6.07 Å². The van der Waals surface area contributed by atoms with Gasteiger partial charge in [-0.05, 0) is 49.4 Å². The van der Waals surface area contributed by atoms with Gasteiger partial charge in [0, 0.05) is 23.1 Å². The molecule has 2 aromatic carbocycles. The van der Waals surface area contributed by atoms with Crippen LogP contribution in [0.25, 0.3) is 0 Å². The zero-order valence-corrected chi connectivity index (χ0v) is 13.6. The lowest BCUT2D eigenvalue weighted by atomic mass is 10.2. The lowest BCUT2D eigenvalue weighted by molar-refractivity contribution is -0.137. The fraction of sp³-hybridized carbons (Fsp3) is 0.111. The van der Waals surface area contributed by atoms with Gasteiger partial charge in [-0.25, -0.2) is 9.37 Å². The minimum absolute atomic E-state index is 0.241. The van der Waals surface area contributed by atoms with Gasteiger partial charge in [-0.3, -0.25) is 0 Å². The second kappa shape index (κ2) is 6.99. The quantitative estimate of drug-likeness (QED) is 0.608. The Labute approximate surface area is 146 Å². The highest BCUT2D eigenvalue weighted by atomic mass is 19.4. The molecule has 0 spiro atoms. The van der Waals surface area contributed by atoms with E-state index >= 15 is 0 Å². The second-order valence-electron chi connectivity index (χ2n) is 5.55. The average Bonchev–Trinajstić information content (AvgIpc) is 2.54. The SMILES string of the molecule is Cc1cc(Nc2ccc(C(F)(F)F)cc2)nc(Nc2cccc(F)c2)n1. The Bertz CT molecular complexity index is 908. The van der Waals surface area contributed by atoms with Crippen LogP contribution >= 0.6 is 0 Å². The first kappa shape index (κ1) is 17.7. The molecule has 2 N–H and O–H groups in total. The number of aromatic nitrogens is 2. The third-order valence-corrected chi connectivity index (χ3v) is 3.42. The van der Waals surface area contributed by atoms with Crippen LogP contribution in [-0.4, -0.2) is 9.97 Å². The summed E-state index contributed by atoms with van der Waals surface area (Å²) in [6, 6.07) is 12.1. The van der Waals surface area contributed by atoms with Crippen LogP contribution in [0.4, 0.5) is 40.7 Å². The minimum atomic E-state index is -4.38. The predicted molar refractivity (Wildman–Crippen MR) is 91.2 cm³/mol. The van der Waals surface area contributed by atoms with Crippen LogP contribution in [0.5, 0.6) is 0 Å². The van der Waals surface area contributed by atoms with Gasteiger partial charge in [0.2, 0.25) is 5.95 Å². The first-order valence-electron chi connectivity index (χ1n) is 7.62. The number of hydrogen-bond acceptors (Lipinski definition) is 4. The van der Waals surface area contributed by atoms with Crippen molar-refractivity contribution in [3.05, 3.63) is 71.7 Å². The molecule has 0 aliphatic carbocycles. The van der Waals surface area contributed by atoms with Crippen LogP contribution in [0.3, 0.4) is 0 Å². The standard InChI is InChI=1S/C18H14F4N4/c1-11-9-16(24-14-7-5-12(6-8-14)18(20,21)22)26-17(23-11)25-15-4-2-3-13(19)10-15/h2-10H,1H3,(H2,23,24,25,26). The molecule has 0 aliphatic rings. The number of hydrogen-bond donors (Lipinski definition) is 2. The average molecular weight is 362 g/mol. The lowest BCUT2D eigenvalue weighted by Crippen LogP contribution is -2.05. The molecular formula is C18H14F4N4. The van der Waals surface area contributed by atoms with Crippen molar-refractivity contribution < 1.29 is 17.6 Å². The van der Waals surface area contributed by atoms with E-state index in [0.29, 0.717) is 22.9 Å². The maximum Gasteiger partial charge on any atom is 0.416 e. The number of nitrogens with zero attached hydrogens (tertiary/aromatic N) is 2. The van der Waals surface area contributed by atoms with Crippen molar-refractivity contribution in [1.29, 1.82) is 0 Å². The molecule has 0 atom stereocenters. The topological polar surface area (TPSA) is 49.8 Å². The van der Waals surface area contributed by atoms with E-state index in [1.54, 1.807) is 25.1 Å². The fourth-order valence-corrected chi connectivity index (χ4v) is 2.27. The maximum atomic E-state index is 13.3. The van der Waals surface area contributed by atoms with Crippen molar-refractivity contribution in [3.8, 4) is 0 Å². The van der Waals surface area contributed by atoms with Crippen LogP contribution in [-0.2, 0) is 6.18 Å². The molecule has 0 saturated heterocycles. The maximum absolute atomic E-state index is 13.3. The van der Waals surface area contributed by atoms with Crippen LogP contribution in [0.2, 0.25) is 0 Å². The third-order valence-electron chi connectivity index (χ3n) is 3.42. The zero-order chi connectivity index (χ0) is 18.7. The normalized spacial score (nSPS) is 11.3. The van der Waals surface area contributed by atoms with Gasteiger partial charge in [0.15, 0.2) is 0 Å². The first-order chi connectivity index (χ1) is 12.3. The van der Waals surface area contributed by atoms with E-state index < -0.39 is 17.6 Å². The predicted octanol–water partition coefficient (Wildman–Crippen LogP) is 5.43. The Morgan fingerprint density at radius 3 is 2.23 bits per heavy atom. The molecule has 0 saturated carbocycles. The summed E-state index contributed by atoms with van der Waals surface area (Å²) < 4.78 is 51.1. The van der Waals surface area contributed by atoms with E-state index in [9.17, 15) is 17.6 Å². The third kappa shape index (κ3) is 4.47. The molecule has 26 heavy (non-hydrogen) atoms. The number of halogens is 4. The molecule has 1 heterocycles. The van der Waals surface area contributed by atoms with Crippen LogP contribution in [0.15, 0.2) is 54.6 Å². The van der Waals surface area contributed by atoms with Crippen molar-refractivity contribution in [2.75, 3.05) is 10.6 Å². The largest absolute Gasteiger partial charge is 0.416 e. The highest BCUT2D eigenvalue weighted by Crippen LogP contribution is 2.30. The van der Waals surface area contributed by atoms with Crippen LogP contribution in [0.1, 0.15) is 11.3 Å². The summed E-state index contributed by atoms with van der Waals surface area (Å²) in [5.74, 6) is 0.243. The minimum Gasteiger partial charge on any atom is -0.340 e. The summed E-state index contributed by atoms with van der Waals surface area (Å²) in [4.78, 5) is 8.46. The number of alkyl halides is 3. The van der Waals surface area contributed by atoms with Gasteiger partial charge in [-0.2, -0.15) is 18.2 Å². The van der Waals surface area contributed by atoms with Crippen molar-refractivity contribution in [1.82, 2.24) is 9.97 Å². The lowest BCUT2D eigenvalue weighted by Gasteiger charge is -2.11. The summed E-state index contributed by atoms with van der Waals surface area (Å²) in [6.07, 6.45) is -4.38. The Morgan fingerprint density at radius 1 is 0.846 bits per heavy atom. The molecule has 0 amide bonds. The molecule has 1 aromatic heterocycles. The summed E-state index contributed by atoms with van der Waals surface area (Å²) in [5, 5.41) is 5.82. The van der Waals surface area contributed by atoms with Crippen LogP contribution < -0.4 is 10.6 Å². The molecule has 3 aromatic rings. The van der Waals surface area contributed by atoms with Gasteiger partial charge in [0.05, 0.1) is 5.56 Å². The fourth-order valence-electron chi connectivity index (χ4n) is 2.27. The summed E-state index contributed by atoms with van der Waals surface area (Å²) in [6.45, 7) is 1.75. The zero-order valence-electron chi connectivity index (χ0n) is 13.6. The van der Waals surface area contributed by atoms with Crippen molar-refractivity contribution >= 4 is 23.1 Å². The van der Waals surface area contributed by atoms with Gasteiger partial charge in [-0.15, -0.1) is 0 Å². The molecule has 0 unspecified atom stereocenters. The molecule has 0 fully saturated rings. The number of nitrogens with one attached hydrogen (secondary N) is 2. The Hall–Kier alpha value is -3.16. The number of benzene rings is 2. The molecule has 134 valence electrons. The van der Waals surface area contributed by atoms with Gasteiger partial charge < -0.3 is 10.6 Å². The molecule has 8 heteroatoms. The number of aryl methyl sites for hydroxylation is 1. The Balaban J connectivity index is 1.79. The summed E-state index contributed by atoms with van der Waals surface area (Å²) in [5.41, 5.74) is 0.840. The molecule has 0 aliphatic heterocycles. The molecule has 3 rings (SSSR count). The van der Waals surface area contributed by atoms with Gasteiger partial charge >= 0.3 is 6.18 Å². The van der Waals surface area contributed by atoms with Crippen LogP contribution in [0, 0.1) is 12.7 Å². The molecule has 4 nitrogen and oxygen atoms in total. The molecular weight excluding hydrogens is 348 g/mol. The summed E-state index contributed by atoms with van der Waals surface area (Å²) in [7, 11) is 0. The molecule has 0 radical (unpaired) electrons. The number of rotatable bonds is 4. The van der Waals surface area contributed by atoms with E-state index in [0.717, 1.165) is 12.1 Å². The smallest absolute Gasteiger partial charge is 0.340 e. The van der Waals surface area contributed by atoms with E-state index in [1.807, 2.05) is 0 Å². The van der Waals surface area contributed by atoms with Gasteiger partial charge in [0.25, 0.3) is 0 Å². The van der Waals surface area contributed by atoms with Crippen molar-refractivity contribution in [3.63, 3.8) is 0 Å². The second-order valence-corrected chi connectivity index (χ2v) is 5.55. The number of anilines is 4. The van der Waals surface area contributed by atoms with Crippen molar-refractivity contribution in [2.24, 2.45) is 0 Å². The Kier molecular flexibility index (Phi) is 4.75. The first-order valence-corrected chi connectivity index (χ1v) is 7.62. The van der Waals surface area contributed by atoms with Gasteiger partial charge in [0.1, 0.15) is 11.6 Å². The highest BCUT2D eigenvalue weighted by Gasteiger charge is 2.29. The monoisotopic (exact) mass is 362 g/mol. The summed E-state index contributed by atoms with van der Waals surface area (Å²) >= 11 is 0. The van der Waals surface area contributed by atoms with Crippen molar-refractivity contribution in [2.45, 2.75) is 13.1 Å². The highest BCUT2D eigenvalue weighted by molar-refractivity contribution is 5.60. The van der Waals surface area contributed by atoms with E-state index in [4.69, 9.17) is 0 Å². The van der Waals surface area contributed by atoms with E-state index in [2.05, 4.69) is 20.6 Å². The van der Waals surface area contributed by atoms with E-state index in [-0.39, 0.29) is 5.95 Å². The van der Waals surface area contributed by atoms with E-state index in [1.165, 1.54) is 24.3 Å². The Morgan fingerprint density at radius 2 is 1.58 bits per heavy atom. The molecule has 0 bridgehead atoms.